The maximum absolute atomic E-state index is 12.9. The molecule has 0 atom stereocenters. The highest BCUT2D eigenvalue weighted by molar-refractivity contribution is 9.10. The smallest absolute Gasteiger partial charge is 0.255 e. The van der Waals surface area contributed by atoms with Crippen LogP contribution in [0, 0.1) is 6.92 Å². The van der Waals surface area contributed by atoms with E-state index in [9.17, 15) is 4.79 Å². The van der Waals surface area contributed by atoms with Crippen molar-refractivity contribution in [1.82, 2.24) is 10.2 Å². The maximum Gasteiger partial charge on any atom is 0.255 e. The van der Waals surface area contributed by atoms with Crippen LogP contribution in [-0.4, -0.2) is 57.2 Å². The summed E-state index contributed by atoms with van der Waals surface area (Å²) >= 11 is 3.59. The first-order chi connectivity index (χ1) is 15.1. The molecule has 0 unspecified atom stereocenters. The Morgan fingerprint density at radius 2 is 1.77 bits per heavy atom. The average molecular weight is 482 g/mol. The zero-order chi connectivity index (χ0) is 21.8. The minimum Gasteiger partial charge on any atom is -0.495 e. The molecule has 6 heteroatoms. The van der Waals surface area contributed by atoms with E-state index in [1.165, 1.54) is 11.3 Å². The Kier molecular flexibility index (Phi) is 6.78. The van der Waals surface area contributed by atoms with Gasteiger partial charge in [-0.15, -0.1) is 0 Å². The fraction of sp³-hybridized carbons (Fsp3) is 0.320. The molecule has 3 aromatic carbocycles. The molecule has 0 spiro atoms. The van der Waals surface area contributed by atoms with Gasteiger partial charge in [0.25, 0.3) is 5.91 Å². The molecule has 0 bridgehead atoms. The Hall–Kier alpha value is -2.57. The van der Waals surface area contributed by atoms with Gasteiger partial charge in [0.2, 0.25) is 0 Å². The summed E-state index contributed by atoms with van der Waals surface area (Å²) in [7, 11) is 1.61. The van der Waals surface area contributed by atoms with Crippen LogP contribution >= 0.6 is 15.9 Å². The van der Waals surface area contributed by atoms with Crippen LogP contribution in [0.25, 0.3) is 10.8 Å². The monoisotopic (exact) mass is 481 g/mol. The van der Waals surface area contributed by atoms with Gasteiger partial charge in [-0.1, -0.05) is 52.3 Å². The molecule has 1 saturated heterocycles. The Labute approximate surface area is 192 Å². The van der Waals surface area contributed by atoms with Gasteiger partial charge in [0.1, 0.15) is 5.75 Å². The Balaban J connectivity index is 1.33. The molecule has 1 heterocycles. The van der Waals surface area contributed by atoms with Gasteiger partial charge in [0, 0.05) is 54.8 Å². The molecule has 0 aromatic heterocycles. The van der Waals surface area contributed by atoms with Crippen molar-refractivity contribution >= 4 is 38.3 Å². The van der Waals surface area contributed by atoms with E-state index >= 15 is 0 Å². The topological polar surface area (TPSA) is 44.8 Å². The van der Waals surface area contributed by atoms with Crippen LogP contribution in [0.1, 0.15) is 15.9 Å². The van der Waals surface area contributed by atoms with Crippen LogP contribution in [0.2, 0.25) is 0 Å². The molecule has 1 fully saturated rings. The summed E-state index contributed by atoms with van der Waals surface area (Å²) < 4.78 is 6.49. The highest BCUT2D eigenvalue weighted by atomic mass is 79.9. The third-order valence-electron chi connectivity index (χ3n) is 5.85. The zero-order valence-electron chi connectivity index (χ0n) is 18.0. The maximum atomic E-state index is 12.9. The number of piperazine rings is 1. The predicted octanol–water partition coefficient (Wildman–Crippen LogP) is 4.47. The van der Waals surface area contributed by atoms with Crippen LogP contribution in [0.4, 0.5) is 5.69 Å². The standard InChI is InChI=1S/C25H28BrN3O2/c1-18-6-5-7-19(16-18)29-14-12-28(13-15-29)11-10-27-25(30)22-17-23(26)20-8-3-4-9-21(20)24(22)31-2/h3-9,16-17H,10-15H2,1-2H3,(H,27,30). The van der Waals surface area contributed by atoms with Gasteiger partial charge >= 0.3 is 0 Å². The number of nitrogens with one attached hydrogen (secondary N) is 1. The van der Waals surface area contributed by atoms with Crippen LogP contribution in [0.5, 0.6) is 5.75 Å². The van der Waals surface area contributed by atoms with Crippen molar-refractivity contribution in [3.05, 3.63) is 70.2 Å². The molecule has 1 N–H and O–H groups in total. The lowest BCUT2D eigenvalue weighted by Crippen LogP contribution is -2.48. The van der Waals surface area contributed by atoms with Crippen LogP contribution < -0.4 is 15.0 Å². The lowest BCUT2D eigenvalue weighted by Gasteiger charge is -2.36. The number of halogens is 1. The number of anilines is 1. The number of hydrogen-bond acceptors (Lipinski definition) is 4. The second-order valence-corrected chi connectivity index (χ2v) is 8.76. The molecule has 0 saturated carbocycles. The summed E-state index contributed by atoms with van der Waals surface area (Å²) in [5, 5.41) is 5.03. The third-order valence-corrected chi connectivity index (χ3v) is 6.50. The molecule has 5 nitrogen and oxygen atoms in total. The van der Waals surface area contributed by atoms with E-state index in [-0.39, 0.29) is 5.91 Å². The van der Waals surface area contributed by atoms with Gasteiger partial charge in [-0.3, -0.25) is 9.69 Å². The van der Waals surface area contributed by atoms with Crippen molar-refractivity contribution in [2.45, 2.75) is 6.92 Å². The number of nitrogens with zero attached hydrogens (tertiary/aromatic N) is 2. The fourth-order valence-electron chi connectivity index (χ4n) is 4.17. The van der Waals surface area contributed by atoms with Crippen LogP contribution in [-0.2, 0) is 0 Å². The van der Waals surface area contributed by atoms with Gasteiger partial charge in [0.05, 0.1) is 12.7 Å². The average Bonchev–Trinajstić information content (AvgIpc) is 2.79. The molecular weight excluding hydrogens is 454 g/mol. The summed E-state index contributed by atoms with van der Waals surface area (Å²) in [4.78, 5) is 17.7. The SMILES string of the molecule is COc1c(C(=O)NCCN2CCN(c3cccc(C)c3)CC2)cc(Br)c2ccccc12. The van der Waals surface area contributed by atoms with Gasteiger partial charge < -0.3 is 15.0 Å². The summed E-state index contributed by atoms with van der Waals surface area (Å²) in [5.41, 5.74) is 3.14. The second kappa shape index (κ2) is 9.71. The van der Waals surface area contributed by atoms with Gasteiger partial charge in [-0.2, -0.15) is 0 Å². The number of amides is 1. The van der Waals surface area contributed by atoms with Crippen LogP contribution in [0.3, 0.4) is 0 Å². The van der Waals surface area contributed by atoms with E-state index in [4.69, 9.17) is 4.74 Å². The Bertz CT molecular complexity index is 1080. The molecule has 1 amide bonds. The van der Waals surface area contributed by atoms with E-state index < -0.39 is 0 Å². The molecule has 0 radical (unpaired) electrons. The highest BCUT2D eigenvalue weighted by Gasteiger charge is 2.19. The molecule has 31 heavy (non-hydrogen) atoms. The number of hydrogen-bond donors (Lipinski definition) is 1. The number of aryl methyl sites for hydroxylation is 1. The molecule has 0 aliphatic carbocycles. The number of methoxy groups -OCH3 is 1. The van der Waals surface area contributed by atoms with E-state index in [0.717, 1.165) is 48.0 Å². The van der Waals surface area contributed by atoms with Gasteiger partial charge in [0.15, 0.2) is 0 Å². The zero-order valence-corrected chi connectivity index (χ0v) is 19.6. The van der Waals surface area contributed by atoms with E-state index in [2.05, 4.69) is 62.2 Å². The molecule has 4 rings (SSSR count). The summed E-state index contributed by atoms with van der Waals surface area (Å²) in [6.45, 7) is 7.57. The van der Waals surface area contributed by atoms with Crippen molar-refractivity contribution in [1.29, 1.82) is 0 Å². The minimum absolute atomic E-state index is 0.110. The fourth-order valence-corrected chi connectivity index (χ4v) is 4.74. The first-order valence-corrected chi connectivity index (χ1v) is 11.4. The predicted molar refractivity (Wildman–Crippen MR) is 130 cm³/mol. The lowest BCUT2D eigenvalue weighted by molar-refractivity contribution is 0.0945. The van der Waals surface area contributed by atoms with Crippen molar-refractivity contribution in [2.75, 3.05) is 51.3 Å². The number of ether oxygens (including phenoxy) is 1. The molecule has 3 aromatic rings. The minimum atomic E-state index is -0.110. The molecule has 1 aliphatic rings. The van der Waals surface area contributed by atoms with Crippen LogP contribution in [0.15, 0.2) is 59.1 Å². The third kappa shape index (κ3) is 4.86. The second-order valence-electron chi connectivity index (χ2n) is 7.91. The lowest BCUT2D eigenvalue weighted by atomic mass is 10.0. The first-order valence-electron chi connectivity index (χ1n) is 10.6. The molecule has 162 valence electrons. The van der Waals surface area contributed by atoms with Gasteiger partial charge in [-0.05, 0) is 36.1 Å². The Morgan fingerprint density at radius 3 is 2.48 bits per heavy atom. The number of carbonyl (C=O) groups excluding carboxylic acids is 1. The van der Waals surface area contributed by atoms with Crippen molar-refractivity contribution in [3.63, 3.8) is 0 Å². The van der Waals surface area contributed by atoms with Gasteiger partial charge in [-0.25, -0.2) is 0 Å². The largest absolute Gasteiger partial charge is 0.495 e. The number of rotatable bonds is 6. The van der Waals surface area contributed by atoms with Crippen molar-refractivity contribution < 1.29 is 9.53 Å². The quantitative estimate of drug-likeness (QED) is 0.563. The molecular formula is C25H28BrN3O2. The number of benzene rings is 3. The van der Waals surface area contributed by atoms with Crippen molar-refractivity contribution in [3.8, 4) is 5.75 Å². The Morgan fingerprint density at radius 1 is 1.03 bits per heavy atom. The summed E-state index contributed by atoms with van der Waals surface area (Å²) in [6, 6.07) is 18.4. The van der Waals surface area contributed by atoms with Crippen molar-refractivity contribution in [2.24, 2.45) is 0 Å². The van der Waals surface area contributed by atoms with E-state index in [1.807, 2.05) is 30.3 Å². The van der Waals surface area contributed by atoms with E-state index in [0.29, 0.717) is 17.9 Å². The summed E-state index contributed by atoms with van der Waals surface area (Å²) in [5.74, 6) is 0.504. The number of fused-ring (bicyclic) bond motifs is 1. The normalized spacial score (nSPS) is 14.6. The number of carbonyl (C=O) groups is 1. The highest BCUT2D eigenvalue weighted by Crippen LogP contribution is 2.35. The van der Waals surface area contributed by atoms with E-state index in [1.54, 1.807) is 7.11 Å². The summed E-state index contributed by atoms with van der Waals surface area (Å²) in [6.07, 6.45) is 0. The molecule has 1 aliphatic heterocycles. The first kappa shape index (κ1) is 21.7.